The molecule has 6 heteroatoms. The van der Waals surface area contributed by atoms with E-state index in [1.807, 2.05) is 7.05 Å². The number of likely N-dealkylation sites (tertiary alicyclic amines) is 2. The Labute approximate surface area is 129 Å². The molecule has 0 N–H and O–H groups in total. The molecule has 5 nitrogen and oxygen atoms in total. The van der Waals surface area contributed by atoms with Crippen molar-refractivity contribution in [1.82, 2.24) is 14.4 Å². The molecule has 0 radical (unpaired) electrons. The van der Waals surface area contributed by atoms with E-state index in [0.29, 0.717) is 17.3 Å². The van der Waals surface area contributed by atoms with Crippen LogP contribution in [0.25, 0.3) is 0 Å². The van der Waals surface area contributed by atoms with Gasteiger partial charge in [0, 0.05) is 33.4 Å². The van der Waals surface area contributed by atoms with Crippen LogP contribution in [0.3, 0.4) is 0 Å². The van der Waals surface area contributed by atoms with E-state index < -0.39 is 5.54 Å². The van der Waals surface area contributed by atoms with E-state index in [2.05, 4.69) is 0 Å². The average Bonchev–Trinajstić information content (AvgIpc) is 3.00. The fourth-order valence-electron chi connectivity index (χ4n) is 3.70. The number of piperidine rings is 1. The van der Waals surface area contributed by atoms with Gasteiger partial charge in [0.15, 0.2) is 0 Å². The molecule has 0 aromatic carbocycles. The Morgan fingerprint density at radius 2 is 1.90 bits per heavy atom. The van der Waals surface area contributed by atoms with Gasteiger partial charge in [-0.1, -0.05) is 11.6 Å². The molecule has 1 aromatic rings. The number of likely N-dealkylation sites (N-methyl/N-ethyl adjacent to an activating group) is 1. The lowest BCUT2D eigenvalue weighted by Gasteiger charge is -2.43. The van der Waals surface area contributed by atoms with Gasteiger partial charge in [-0.05, 0) is 31.7 Å². The molecule has 2 amide bonds. The van der Waals surface area contributed by atoms with Gasteiger partial charge in [-0.15, -0.1) is 0 Å². The van der Waals surface area contributed by atoms with Crippen LogP contribution >= 0.6 is 11.6 Å². The summed E-state index contributed by atoms with van der Waals surface area (Å²) in [5.41, 5.74) is -0.0943. The van der Waals surface area contributed by atoms with Gasteiger partial charge in [-0.2, -0.15) is 0 Å². The monoisotopic (exact) mass is 309 g/mol. The van der Waals surface area contributed by atoms with E-state index in [-0.39, 0.29) is 11.8 Å². The first-order valence-corrected chi connectivity index (χ1v) is 7.73. The van der Waals surface area contributed by atoms with Gasteiger partial charge < -0.3 is 14.4 Å². The molecule has 0 bridgehead atoms. The number of carbonyl (C=O) groups is 2. The lowest BCUT2D eigenvalue weighted by Crippen LogP contribution is -2.60. The molecule has 1 aromatic heterocycles. The molecular formula is C15H20ClN3O2. The number of nitrogens with zero attached hydrogens (tertiary/aromatic N) is 3. The molecule has 114 valence electrons. The van der Waals surface area contributed by atoms with Gasteiger partial charge >= 0.3 is 0 Å². The molecule has 3 rings (SSSR count). The van der Waals surface area contributed by atoms with Crippen molar-refractivity contribution in [3.8, 4) is 0 Å². The highest BCUT2D eigenvalue weighted by Crippen LogP contribution is 2.38. The van der Waals surface area contributed by atoms with E-state index in [1.165, 1.54) is 0 Å². The number of hydrogen-bond donors (Lipinski definition) is 0. The fraction of sp³-hybridized carbons (Fsp3) is 0.600. The highest BCUT2D eigenvalue weighted by molar-refractivity contribution is 6.31. The third-order valence-electron chi connectivity index (χ3n) is 4.75. The Morgan fingerprint density at radius 3 is 2.52 bits per heavy atom. The summed E-state index contributed by atoms with van der Waals surface area (Å²) in [6.07, 6.45) is 5.07. The van der Waals surface area contributed by atoms with Gasteiger partial charge in [0.2, 0.25) is 5.91 Å². The second kappa shape index (κ2) is 5.05. The molecule has 1 unspecified atom stereocenters. The average molecular weight is 310 g/mol. The summed E-state index contributed by atoms with van der Waals surface area (Å²) in [6.45, 7) is 1.42. The Balaban J connectivity index is 1.95. The van der Waals surface area contributed by atoms with Crippen molar-refractivity contribution in [3.05, 3.63) is 23.0 Å². The second-order valence-electron chi connectivity index (χ2n) is 6.08. The lowest BCUT2D eigenvalue weighted by molar-refractivity contribution is -0.144. The Kier molecular flexibility index (Phi) is 3.48. The quantitative estimate of drug-likeness (QED) is 0.795. The molecule has 2 saturated heterocycles. The first-order valence-electron chi connectivity index (χ1n) is 7.35. The van der Waals surface area contributed by atoms with Crippen molar-refractivity contribution in [2.75, 3.05) is 20.1 Å². The van der Waals surface area contributed by atoms with Crippen molar-refractivity contribution < 1.29 is 9.59 Å². The van der Waals surface area contributed by atoms with E-state index >= 15 is 0 Å². The Hall–Kier alpha value is -1.49. The third kappa shape index (κ3) is 2.14. The zero-order valence-electron chi connectivity index (χ0n) is 12.4. The number of aromatic nitrogens is 1. The van der Waals surface area contributed by atoms with Crippen LogP contribution in [0.4, 0.5) is 0 Å². The molecule has 1 spiro atoms. The summed E-state index contributed by atoms with van der Waals surface area (Å²) in [4.78, 5) is 29.1. The van der Waals surface area contributed by atoms with Crippen LogP contribution in [-0.2, 0) is 11.8 Å². The van der Waals surface area contributed by atoms with Gasteiger partial charge in [0.05, 0.1) is 5.02 Å². The van der Waals surface area contributed by atoms with Gasteiger partial charge in [-0.3, -0.25) is 9.59 Å². The topological polar surface area (TPSA) is 45.5 Å². The molecule has 1 atom stereocenters. The maximum Gasteiger partial charge on any atom is 0.271 e. The largest absolute Gasteiger partial charge is 0.345 e. The maximum absolute atomic E-state index is 12.9. The first kappa shape index (κ1) is 14.4. The van der Waals surface area contributed by atoms with Crippen LogP contribution in [-0.4, -0.2) is 51.9 Å². The minimum absolute atomic E-state index is 0.0832. The number of rotatable bonds is 1. The van der Waals surface area contributed by atoms with Crippen LogP contribution in [0.5, 0.6) is 0 Å². The highest BCUT2D eigenvalue weighted by atomic mass is 35.5. The fourth-order valence-corrected chi connectivity index (χ4v) is 3.95. The number of halogens is 1. The van der Waals surface area contributed by atoms with Crippen molar-refractivity contribution in [1.29, 1.82) is 0 Å². The summed E-state index contributed by atoms with van der Waals surface area (Å²) in [5, 5.41) is 0.543. The third-order valence-corrected chi connectivity index (χ3v) is 4.96. The molecule has 0 saturated carbocycles. The van der Waals surface area contributed by atoms with Crippen LogP contribution < -0.4 is 0 Å². The number of carbonyl (C=O) groups excluding carboxylic acids is 2. The molecule has 2 aliphatic rings. The molecule has 2 aliphatic heterocycles. The molecule has 21 heavy (non-hydrogen) atoms. The molecular weight excluding hydrogens is 290 g/mol. The van der Waals surface area contributed by atoms with Crippen LogP contribution in [0.1, 0.15) is 36.2 Å². The van der Waals surface area contributed by atoms with Gasteiger partial charge in [-0.25, -0.2) is 0 Å². The smallest absolute Gasteiger partial charge is 0.271 e. The zero-order valence-corrected chi connectivity index (χ0v) is 13.2. The van der Waals surface area contributed by atoms with Crippen LogP contribution in [0, 0.1) is 0 Å². The second-order valence-corrected chi connectivity index (χ2v) is 6.51. The van der Waals surface area contributed by atoms with Gasteiger partial charge in [0.25, 0.3) is 5.91 Å². The first-order chi connectivity index (χ1) is 9.95. The predicted octanol–water partition coefficient (Wildman–Crippen LogP) is 1.91. The summed E-state index contributed by atoms with van der Waals surface area (Å²) >= 11 is 5.98. The normalized spacial score (nSPS) is 26.0. The predicted molar refractivity (Wildman–Crippen MR) is 80.3 cm³/mol. The van der Waals surface area contributed by atoms with Crippen molar-refractivity contribution in [2.45, 2.75) is 31.2 Å². The van der Waals surface area contributed by atoms with E-state index in [0.717, 1.165) is 32.2 Å². The maximum atomic E-state index is 12.9. The van der Waals surface area contributed by atoms with E-state index in [1.54, 1.807) is 33.7 Å². The van der Waals surface area contributed by atoms with Crippen LogP contribution in [0.2, 0.25) is 5.02 Å². The number of aryl methyl sites for hydroxylation is 1. The molecule has 2 fully saturated rings. The Morgan fingerprint density at radius 1 is 1.24 bits per heavy atom. The summed E-state index contributed by atoms with van der Waals surface area (Å²) in [7, 11) is 3.63. The van der Waals surface area contributed by atoms with Crippen molar-refractivity contribution >= 4 is 23.4 Å². The number of hydrogen-bond acceptors (Lipinski definition) is 2. The van der Waals surface area contributed by atoms with Gasteiger partial charge in [0.1, 0.15) is 11.2 Å². The minimum atomic E-state index is -0.638. The zero-order chi connectivity index (χ0) is 15.2. The van der Waals surface area contributed by atoms with Crippen molar-refractivity contribution in [2.24, 2.45) is 7.05 Å². The highest BCUT2D eigenvalue weighted by Gasteiger charge is 2.52. The van der Waals surface area contributed by atoms with Crippen LogP contribution in [0.15, 0.2) is 12.3 Å². The molecule has 0 aliphatic carbocycles. The SMILES string of the molecule is CN1CCCC2(CCCN2C(=O)c2cc(Cl)cn2C)C1=O. The number of amides is 2. The van der Waals surface area contributed by atoms with E-state index in [4.69, 9.17) is 11.6 Å². The Bertz CT molecular complexity index is 598. The van der Waals surface area contributed by atoms with E-state index in [9.17, 15) is 9.59 Å². The minimum Gasteiger partial charge on any atom is -0.345 e. The molecule has 3 heterocycles. The lowest BCUT2D eigenvalue weighted by atomic mass is 9.85. The summed E-state index contributed by atoms with van der Waals surface area (Å²) in [5.74, 6) is -0.00884. The standard InChI is InChI=1S/C15H20ClN3O2/c1-17-7-3-5-15(14(17)21)6-4-8-19(15)13(20)12-9-11(16)10-18(12)2/h9-10H,3-8H2,1-2H3. The summed E-state index contributed by atoms with van der Waals surface area (Å²) in [6, 6.07) is 1.67. The van der Waals surface area contributed by atoms with Crippen molar-refractivity contribution in [3.63, 3.8) is 0 Å². The summed E-state index contributed by atoms with van der Waals surface area (Å²) < 4.78 is 1.73.